The normalized spacial score (nSPS) is 57.8. The van der Waals surface area contributed by atoms with E-state index < -0.39 is 0 Å². The predicted molar refractivity (Wildman–Crippen MR) is 88.5 cm³/mol. The Bertz CT molecular complexity index is 435. The molecule has 0 saturated heterocycles. The number of methoxy groups -OCH3 is 1. The number of rotatable bonds is 1. The van der Waals surface area contributed by atoms with Gasteiger partial charge in [-0.05, 0) is 92.3 Å². The molecule has 4 fully saturated rings. The lowest BCUT2D eigenvalue weighted by molar-refractivity contribution is -0.125. The van der Waals surface area contributed by atoms with Crippen molar-refractivity contribution in [3.8, 4) is 0 Å². The van der Waals surface area contributed by atoms with Gasteiger partial charge in [-0.25, -0.2) is 0 Å². The van der Waals surface area contributed by atoms with Crippen LogP contribution in [0.1, 0.15) is 71.6 Å². The van der Waals surface area contributed by atoms with Gasteiger partial charge in [-0.15, -0.1) is 0 Å². The summed E-state index contributed by atoms with van der Waals surface area (Å²) in [4.78, 5) is 0. The van der Waals surface area contributed by atoms with E-state index in [1.165, 1.54) is 44.9 Å². The molecule has 0 aromatic heterocycles. The van der Waals surface area contributed by atoms with Crippen LogP contribution in [-0.2, 0) is 4.74 Å². The lowest BCUT2D eigenvalue weighted by atomic mass is 9.45. The SMILES string of the molecule is CO[C@H]1CC[C@@]2(C)[C@H](CC[C@H]3[C@@H]4C[C@H](O)C[C@@]4(C)CC[C@@H]32)C1. The Labute approximate surface area is 136 Å². The zero-order valence-corrected chi connectivity index (χ0v) is 14.7. The van der Waals surface area contributed by atoms with Gasteiger partial charge in [0.25, 0.3) is 0 Å². The minimum Gasteiger partial charge on any atom is -0.393 e. The van der Waals surface area contributed by atoms with Crippen molar-refractivity contribution < 1.29 is 9.84 Å². The van der Waals surface area contributed by atoms with Crippen LogP contribution in [0.5, 0.6) is 0 Å². The van der Waals surface area contributed by atoms with E-state index >= 15 is 0 Å². The molecular formula is C20H34O2. The van der Waals surface area contributed by atoms with Crippen molar-refractivity contribution >= 4 is 0 Å². The van der Waals surface area contributed by atoms with Crippen molar-refractivity contribution in [3.05, 3.63) is 0 Å². The van der Waals surface area contributed by atoms with Crippen LogP contribution < -0.4 is 0 Å². The maximum Gasteiger partial charge on any atom is 0.0574 e. The van der Waals surface area contributed by atoms with E-state index in [0.717, 1.165) is 36.5 Å². The van der Waals surface area contributed by atoms with E-state index in [2.05, 4.69) is 13.8 Å². The lowest BCUT2D eigenvalue weighted by Crippen LogP contribution is -2.53. The maximum atomic E-state index is 10.3. The van der Waals surface area contributed by atoms with Crippen LogP contribution in [0.4, 0.5) is 0 Å². The average Bonchev–Trinajstić information content (AvgIpc) is 2.80. The fourth-order valence-electron chi connectivity index (χ4n) is 7.45. The summed E-state index contributed by atoms with van der Waals surface area (Å²) < 4.78 is 5.69. The molecule has 22 heavy (non-hydrogen) atoms. The predicted octanol–water partition coefficient (Wildman–Crippen LogP) is 4.41. The first-order valence-electron chi connectivity index (χ1n) is 9.67. The third-order valence-electron chi connectivity index (χ3n) is 8.70. The van der Waals surface area contributed by atoms with Gasteiger partial charge in [0.05, 0.1) is 12.2 Å². The number of aliphatic hydroxyl groups is 1. The van der Waals surface area contributed by atoms with Crippen LogP contribution in [0.15, 0.2) is 0 Å². The number of ether oxygens (including phenoxy) is 1. The van der Waals surface area contributed by atoms with Gasteiger partial charge in [0, 0.05) is 7.11 Å². The van der Waals surface area contributed by atoms with Gasteiger partial charge in [-0.2, -0.15) is 0 Å². The lowest BCUT2D eigenvalue weighted by Gasteiger charge is -2.60. The highest BCUT2D eigenvalue weighted by atomic mass is 16.5. The molecule has 2 nitrogen and oxygen atoms in total. The summed E-state index contributed by atoms with van der Waals surface area (Å²) in [6, 6.07) is 0. The van der Waals surface area contributed by atoms with Crippen molar-refractivity contribution in [1.82, 2.24) is 0 Å². The summed E-state index contributed by atoms with van der Waals surface area (Å²) in [7, 11) is 1.89. The molecule has 4 aliphatic carbocycles. The molecule has 0 amide bonds. The standard InChI is InChI=1S/C20H34O2/c1-19-8-7-17-16(18(19)11-14(21)12-19)5-4-13-10-15(22-3)6-9-20(13,17)2/h13-18,21H,4-12H2,1-3H3/t13-,14+,15+,16-,17+,18+,19-,20+/m1/s1. The van der Waals surface area contributed by atoms with Crippen LogP contribution in [0.3, 0.4) is 0 Å². The third-order valence-corrected chi connectivity index (χ3v) is 8.70. The summed E-state index contributed by atoms with van der Waals surface area (Å²) in [5.41, 5.74) is 0.986. The van der Waals surface area contributed by atoms with E-state index in [1.54, 1.807) is 0 Å². The minimum atomic E-state index is -0.0245. The highest BCUT2D eigenvalue weighted by Crippen LogP contribution is 2.66. The molecular weight excluding hydrogens is 272 g/mol. The topological polar surface area (TPSA) is 29.5 Å². The summed E-state index contributed by atoms with van der Waals surface area (Å²) in [5.74, 6) is 3.46. The van der Waals surface area contributed by atoms with E-state index in [-0.39, 0.29) is 6.10 Å². The van der Waals surface area contributed by atoms with E-state index in [4.69, 9.17) is 4.74 Å². The van der Waals surface area contributed by atoms with Crippen LogP contribution in [-0.4, -0.2) is 24.4 Å². The molecule has 0 aromatic rings. The first kappa shape index (κ1) is 15.4. The van der Waals surface area contributed by atoms with Crippen molar-refractivity contribution in [2.24, 2.45) is 34.5 Å². The van der Waals surface area contributed by atoms with Crippen molar-refractivity contribution in [2.75, 3.05) is 7.11 Å². The van der Waals surface area contributed by atoms with Gasteiger partial charge in [0.1, 0.15) is 0 Å². The van der Waals surface area contributed by atoms with Crippen molar-refractivity contribution in [2.45, 2.75) is 83.8 Å². The van der Waals surface area contributed by atoms with Crippen LogP contribution in [0.25, 0.3) is 0 Å². The van der Waals surface area contributed by atoms with E-state index in [1.807, 2.05) is 7.11 Å². The van der Waals surface area contributed by atoms with Gasteiger partial charge < -0.3 is 9.84 Å². The summed E-state index contributed by atoms with van der Waals surface area (Å²) >= 11 is 0. The Balaban J connectivity index is 1.59. The fraction of sp³-hybridized carbons (Fsp3) is 1.00. The van der Waals surface area contributed by atoms with Gasteiger partial charge >= 0.3 is 0 Å². The quantitative estimate of drug-likeness (QED) is 0.778. The van der Waals surface area contributed by atoms with Gasteiger partial charge in [0.15, 0.2) is 0 Å². The minimum absolute atomic E-state index is 0.0245. The molecule has 0 bridgehead atoms. The Morgan fingerprint density at radius 1 is 0.955 bits per heavy atom. The molecule has 0 heterocycles. The zero-order valence-electron chi connectivity index (χ0n) is 14.7. The fourth-order valence-corrected chi connectivity index (χ4v) is 7.45. The summed E-state index contributed by atoms with van der Waals surface area (Å²) in [5, 5.41) is 10.3. The largest absolute Gasteiger partial charge is 0.393 e. The van der Waals surface area contributed by atoms with Gasteiger partial charge in [-0.1, -0.05) is 13.8 Å². The second-order valence-electron chi connectivity index (χ2n) is 9.58. The Hall–Kier alpha value is -0.0800. The van der Waals surface area contributed by atoms with Crippen molar-refractivity contribution in [3.63, 3.8) is 0 Å². The Morgan fingerprint density at radius 2 is 1.77 bits per heavy atom. The number of aliphatic hydroxyl groups excluding tert-OH is 1. The maximum absolute atomic E-state index is 10.3. The highest BCUT2D eigenvalue weighted by molar-refractivity contribution is 5.08. The molecule has 4 aliphatic rings. The number of hydrogen-bond acceptors (Lipinski definition) is 2. The van der Waals surface area contributed by atoms with Gasteiger partial charge in [-0.3, -0.25) is 0 Å². The molecule has 0 radical (unpaired) electrons. The monoisotopic (exact) mass is 306 g/mol. The Kier molecular flexibility index (Phi) is 3.66. The second kappa shape index (κ2) is 5.21. The molecule has 1 N–H and O–H groups in total. The van der Waals surface area contributed by atoms with Crippen LogP contribution in [0.2, 0.25) is 0 Å². The molecule has 0 aliphatic heterocycles. The Morgan fingerprint density at radius 3 is 2.55 bits per heavy atom. The van der Waals surface area contributed by atoms with E-state index in [0.29, 0.717) is 16.9 Å². The molecule has 4 rings (SSSR count). The first-order valence-corrected chi connectivity index (χ1v) is 9.67. The smallest absolute Gasteiger partial charge is 0.0574 e. The summed E-state index contributed by atoms with van der Waals surface area (Å²) in [6.07, 6.45) is 12.1. The molecule has 0 aromatic carbocycles. The van der Waals surface area contributed by atoms with Crippen LogP contribution in [0, 0.1) is 34.5 Å². The van der Waals surface area contributed by atoms with E-state index in [9.17, 15) is 5.11 Å². The second-order valence-corrected chi connectivity index (χ2v) is 9.58. The van der Waals surface area contributed by atoms with Crippen LogP contribution >= 0.6 is 0 Å². The molecule has 0 spiro atoms. The summed E-state index contributed by atoms with van der Waals surface area (Å²) in [6.45, 7) is 5.08. The number of hydrogen-bond donors (Lipinski definition) is 1. The third kappa shape index (κ3) is 2.13. The zero-order chi connectivity index (χ0) is 15.5. The highest BCUT2D eigenvalue weighted by Gasteiger charge is 2.59. The van der Waals surface area contributed by atoms with Crippen molar-refractivity contribution in [1.29, 1.82) is 0 Å². The number of fused-ring (bicyclic) bond motifs is 5. The average molecular weight is 306 g/mol. The molecule has 8 atom stereocenters. The molecule has 2 heteroatoms. The molecule has 0 unspecified atom stereocenters. The molecule has 4 saturated carbocycles. The molecule has 126 valence electrons. The van der Waals surface area contributed by atoms with Gasteiger partial charge in [0.2, 0.25) is 0 Å². The first-order chi connectivity index (χ1) is 10.5.